The Bertz CT molecular complexity index is 272. The number of carbonyl (C=O) groups is 1. The van der Waals surface area contributed by atoms with Gasteiger partial charge < -0.3 is 5.32 Å². The molecule has 0 aliphatic rings. The average Bonchev–Trinajstić information content (AvgIpc) is 2.04. The van der Waals surface area contributed by atoms with Gasteiger partial charge in [0.15, 0.2) is 0 Å². The topological polar surface area (TPSA) is 42.0 Å². The molecule has 13 heavy (non-hydrogen) atoms. The van der Waals surface area contributed by atoms with Crippen LogP contribution in [-0.2, 0) is 11.2 Å². The molecule has 0 aliphatic heterocycles. The number of nitrogens with one attached hydrogen (secondary N) is 1. The van der Waals surface area contributed by atoms with Crippen molar-refractivity contribution in [2.75, 3.05) is 0 Å². The maximum absolute atomic E-state index is 10.7. The van der Waals surface area contributed by atoms with Crippen molar-refractivity contribution in [3.63, 3.8) is 0 Å². The molecule has 0 saturated heterocycles. The molecule has 1 atom stereocenters. The second-order valence-electron chi connectivity index (χ2n) is 3.17. The molecule has 0 radical (unpaired) electrons. The molecular weight excluding hydrogens is 164 g/mol. The third-order valence-electron chi connectivity index (χ3n) is 1.71. The van der Waals surface area contributed by atoms with E-state index >= 15 is 0 Å². The highest BCUT2D eigenvalue weighted by atomic mass is 16.1. The lowest BCUT2D eigenvalue weighted by Crippen LogP contribution is -2.32. The first kappa shape index (κ1) is 9.71. The number of aromatic nitrogens is 1. The van der Waals surface area contributed by atoms with Gasteiger partial charge in [-0.3, -0.25) is 9.78 Å². The maximum Gasteiger partial charge on any atom is 0.217 e. The molecule has 0 spiro atoms. The molecule has 1 aromatic rings. The Morgan fingerprint density at radius 3 is 3.00 bits per heavy atom. The van der Waals surface area contributed by atoms with Gasteiger partial charge in [0, 0.05) is 25.4 Å². The van der Waals surface area contributed by atoms with Crippen LogP contribution in [0.1, 0.15) is 19.4 Å². The molecule has 0 aliphatic carbocycles. The lowest BCUT2D eigenvalue weighted by molar-refractivity contribution is -0.119. The van der Waals surface area contributed by atoms with Crippen LogP contribution < -0.4 is 5.32 Å². The smallest absolute Gasteiger partial charge is 0.217 e. The number of rotatable bonds is 3. The molecule has 0 bridgehead atoms. The Balaban J connectivity index is 2.45. The van der Waals surface area contributed by atoms with E-state index in [0.717, 1.165) is 12.0 Å². The van der Waals surface area contributed by atoms with Crippen LogP contribution in [0.4, 0.5) is 0 Å². The predicted molar refractivity (Wildman–Crippen MR) is 51.2 cm³/mol. The van der Waals surface area contributed by atoms with Crippen molar-refractivity contribution >= 4 is 5.91 Å². The van der Waals surface area contributed by atoms with Crippen molar-refractivity contribution < 1.29 is 4.79 Å². The van der Waals surface area contributed by atoms with E-state index in [1.807, 2.05) is 25.3 Å². The Morgan fingerprint density at radius 1 is 1.69 bits per heavy atom. The molecule has 1 rings (SSSR count). The highest BCUT2D eigenvalue weighted by Gasteiger charge is 2.03. The van der Waals surface area contributed by atoms with Gasteiger partial charge in [-0.25, -0.2) is 0 Å². The molecular formula is C10H14N2O. The number of nitrogens with zero attached hydrogens (tertiary/aromatic N) is 1. The fraction of sp³-hybridized carbons (Fsp3) is 0.400. The second kappa shape index (κ2) is 4.60. The Labute approximate surface area is 78.2 Å². The van der Waals surface area contributed by atoms with E-state index < -0.39 is 0 Å². The average molecular weight is 178 g/mol. The van der Waals surface area contributed by atoms with Crippen LogP contribution in [0.25, 0.3) is 0 Å². The highest BCUT2D eigenvalue weighted by Crippen LogP contribution is 2.00. The summed E-state index contributed by atoms with van der Waals surface area (Å²) in [7, 11) is 0. The highest BCUT2D eigenvalue weighted by molar-refractivity contribution is 5.73. The normalized spacial score (nSPS) is 12.2. The summed E-state index contributed by atoms with van der Waals surface area (Å²) in [6.07, 6.45) is 4.39. The largest absolute Gasteiger partial charge is 0.354 e. The monoisotopic (exact) mass is 178 g/mol. The van der Waals surface area contributed by atoms with Gasteiger partial charge in [-0.1, -0.05) is 6.07 Å². The number of amides is 1. The molecule has 1 aromatic heterocycles. The molecule has 1 amide bonds. The number of pyridine rings is 1. The molecule has 0 unspecified atom stereocenters. The summed E-state index contributed by atoms with van der Waals surface area (Å²) >= 11 is 0. The van der Waals surface area contributed by atoms with E-state index in [1.54, 1.807) is 6.20 Å². The summed E-state index contributed by atoms with van der Waals surface area (Å²) < 4.78 is 0. The fourth-order valence-corrected chi connectivity index (χ4v) is 1.27. The van der Waals surface area contributed by atoms with E-state index in [4.69, 9.17) is 0 Å². The van der Waals surface area contributed by atoms with Crippen molar-refractivity contribution in [1.29, 1.82) is 0 Å². The van der Waals surface area contributed by atoms with E-state index in [2.05, 4.69) is 10.3 Å². The first-order valence-corrected chi connectivity index (χ1v) is 4.34. The maximum atomic E-state index is 10.7. The Hall–Kier alpha value is -1.38. The van der Waals surface area contributed by atoms with Gasteiger partial charge in [0.05, 0.1) is 0 Å². The minimum atomic E-state index is 0.0105. The zero-order chi connectivity index (χ0) is 9.68. The van der Waals surface area contributed by atoms with Crippen molar-refractivity contribution in [2.24, 2.45) is 0 Å². The van der Waals surface area contributed by atoms with E-state index in [-0.39, 0.29) is 11.9 Å². The first-order valence-electron chi connectivity index (χ1n) is 4.34. The molecule has 3 heteroatoms. The Morgan fingerprint density at radius 2 is 2.46 bits per heavy atom. The first-order chi connectivity index (χ1) is 6.18. The molecule has 1 heterocycles. The summed E-state index contributed by atoms with van der Waals surface area (Å²) in [5, 5.41) is 2.82. The predicted octanol–water partition coefficient (Wildman–Crippen LogP) is 1.15. The molecule has 70 valence electrons. The minimum absolute atomic E-state index is 0.0105. The van der Waals surface area contributed by atoms with Crippen LogP contribution >= 0.6 is 0 Å². The minimum Gasteiger partial charge on any atom is -0.354 e. The summed E-state index contributed by atoms with van der Waals surface area (Å²) in [5.74, 6) is 0.0105. The summed E-state index contributed by atoms with van der Waals surface area (Å²) in [5.41, 5.74) is 1.14. The summed E-state index contributed by atoms with van der Waals surface area (Å²) in [4.78, 5) is 14.7. The van der Waals surface area contributed by atoms with Gasteiger partial charge in [0.1, 0.15) is 0 Å². The van der Waals surface area contributed by atoms with Gasteiger partial charge in [0.2, 0.25) is 5.91 Å². The van der Waals surface area contributed by atoms with Crippen LogP contribution in [0, 0.1) is 0 Å². The summed E-state index contributed by atoms with van der Waals surface area (Å²) in [6.45, 7) is 3.51. The van der Waals surface area contributed by atoms with Crippen LogP contribution in [0.3, 0.4) is 0 Å². The zero-order valence-electron chi connectivity index (χ0n) is 7.95. The van der Waals surface area contributed by atoms with Crippen LogP contribution in [0.15, 0.2) is 24.5 Å². The van der Waals surface area contributed by atoms with Crippen molar-refractivity contribution in [1.82, 2.24) is 10.3 Å². The third kappa shape index (κ3) is 3.69. The third-order valence-corrected chi connectivity index (χ3v) is 1.71. The lowest BCUT2D eigenvalue weighted by atomic mass is 10.1. The van der Waals surface area contributed by atoms with Gasteiger partial charge in [-0.2, -0.15) is 0 Å². The second-order valence-corrected chi connectivity index (χ2v) is 3.17. The molecule has 3 nitrogen and oxygen atoms in total. The van der Waals surface area contributed by atoms with Crippen molar-refractivity contribution in [2.45, 2.75) is 26.3 Å². The van der Waals surface area contributed by atoms with Gasteiger partial charge in [-0.05, 0) is 25.0 Å². The van der Waals surface area contributed by atoms with Crippen LogP contribution in [-0.4, -0.2) is 16.9 Å². The lowest BCUT2D eigenvalue weighted by Gasteiger charge is -2.11. The van der Waals surface area contributed by atoms with Crippen molar-refractivity contribution in [3.05, 3.63) is 30.1 Å². The number of hydrogen-bond acceptors (Lipinski definition) is 2. The van der Waals surface area contributed by atoms with Crippen LogP contribution in [0.2, 0.25) is 0 Å². The summed E-state index contributed by atoms with van der Waals surface area (Å²) in [6, 6.07) is 4.07. The SMILES string of the molecule is CC(=O)N[C@H](C)Cc1cccnc1. The van der Waals surface area contributed by atoms with E-state index in [1.165, 1.54) is 6.92 Å². The number of hydrogen-bond donors (Lipinski definition) is 1. The molecule has 0 fully saturated rings. The van der Waals surface area contributed by atoms with Gasteiger partial charge in [-0.15, -0.1) is 0 Å². The van der Waals surface area contributed by atoms with Crippen LogP contribution in [0.5, 0.6) is 0 Å². The zero-order valence-corrected chi connectivity index (χ0v) is 7.95. The Kier molecular flexibility index (Phi) is 3.43. The van der Waals surface area contributed by atoms with Gasteiger partial charge >= 0.3 is 0 Å². The molecule has 0 aromatic carbocycles. The van der Waals surface area contributed by atoms with E-state index in [0.29, 0.717) is 0 Å². The standard InChI is InChI=1S/C10H14N2O/c1-8(12-9(2)13)6-10-4-3-5-11-7-10/h3-5,7-8H,6H2,1-2H3,(H,12,13)/t8-/m1/s1. The fourth-order valence-electron chi connectivity index (χ4n) is 1.27. The molecule has 1 N–H and O–H groups in total. The van der Waals surface area contributed by atoms with E-state index in [9.17, 15) is 4.79 Å². The molecule has 0 saturated carbocycles. The number of carbonyl (C=O) groups excluding carboxylic acids is 1. The van der Waals surface area contributed by atoms with Gasteiger partial charge in [0.25, 0.3) is 0 Å². The van der Waals surface area contributed by atoms with Crippen molar-refractivity contribution in [3.8, 4) is 0 Å². The quantitative estimate of drug-likeness (QED) is 0.754.